The van der Waals surface area contributed by atoms with Gasteiger partial charge in [-0.05, 0) is 48.8 Å². The molecular formula is C19H29BrIN5O2. The number of guanidine groups is 1. The fraction of sp³-hybridized carbons (Fsp3) is 0.474. The number of benzene rings is 1. The van der Waals surface area contributed by atoms with Crippen LogP contribution in [0.15, 0.2) is 46.1 Å². The van der Waals surface area contributed by atoms with Gasteiger partial charge in [0.25, 0.3) is 0 Å². The van der Waals surface area contributed by atoms with E-state index in [0.717, 1.165) is 22.3 Å². The summed E-state index contributed by atoms with van der Waals surface area (Å²) >= 11 is 3.48. The Hall–Kier alpha value is -1.33. The Bertz CT molecular complexity index is 766. The standard InChI is InChI=1S/C19H28BrN5O2.HI/c1-5-21-18(23-13-19(3,26)15-11-24-25(4)12-15)22-10-14(2)27-17-9-7-6-8-16(17)20;/h6-9,11-12,14,26H,5,10,13H2,1-4H3,(H2,21,22,23);1H. The van der Waals surface area contributed by atoms with E-state index in [1.54, 1.807) is 24.0 Å². The lowest BCUT2D eigenvalue weighted by molar-refractivity contribution is 0.0671. The van der Waals surface area contributed by atoms with Crippen LogP contribution in [-0.4, -0.2) is 46.6 Å². The predicted molar refractivity (Wildman–Crippen MR) is 126 cm³/mol. The fourth-order valence-electron chi connectivity index (χ4n) is 2.40. The van der Waals surface area contributed by atoms with Crippen LogP contribution in [0.4, 0.5) is 0 Å². The van der Waals surface area contributed by atoms with E-state index in [9.17, 15) is 5.11 Å². The summed E-state index contributed by atoms with van der Waals surface area (Å²) in [6.45, 7) is 7.23. The summed E-state index contributed by atoms with van der Waals surface area (Å²) in [6.07, 6.45) is 3.39. The molecule has 0 saturated heterocycles. The van der Waals surface area contributed by atoms with Crippen molar-refractivity contribution in [1.82, 2.24) is 20.4 Å². The van der Waals surface area contributed by atoms with Crippen LogP contribution < -0.4 is 15.4 Å². The van der Waals surface area contributed by atoms with Crippen molar-refractivity contribution < 1.29 is 9.84 Å². The number of aliphatic imine (C=N–C) groups is 1. The van der Waals surface area contributed by atoms with Gasteiger partial charge in [-0.15, -0.1) is 24.0 Å². The second-order valence-electron chi connectivity index (χ2n) is 6.61. The number of aromatic nitrogens is 2. The molecule has 2 unspecified atom stereocenters. The molecule has 3 N–H and O–H groups in total. The van der Waals surface area contributed by atoms with Gasteiger partial charge in [-0.2, -0.15) is 5.10 Å². The zero-order valence-electron chi connectivity index (χ0n) is 16.6. The minimum atomic E-state index is -1.09. The molecule has 0 fully saturated rings. The summed E-state index contributed by atoms with van der Waals surface area (Å²) in [5.74, 6) is 1.43. The molecule has 0 aliphatic rings. The van der Waals surface area contributed by atoms with E-state index in [-0.39, 0.29) is 36.6 Å². The van der Waals surface area contributed by atoms with Gasteiger partial charge >= 0.3 is 0 Å². The highest BCUT2D eigenvalue weighted by atomic mass is 127. The Morgan fingerprint density at radius 2 is 2.11 bits per heavy atom. The molecule has 0 spiro atoms. The summed E-state index contributed by atoms with van der Waals surface area (Å²) in [7, 11) is 1.82. The fourth-order valence-corrected chi connectivity index (χ4v) is 2.78. The van der Waals surface area contributed by atoms with Gasteiger partial charge < -0.3 is 20.5 Å². The number of ether oxygens (including phenoxy) is 1. The van der Waals surface area contributed by atoms with Crippen molar-refractivity contribution in [3.63, 3.8) is 0 Å². The lowest BCUT2D eigenvalue weighted by Crippen LogP contribution is -2.42. The first kappa shape index (κ1) is 24.7. The first-order chi connectivity index (χ1) is 12.8. The van der Waals surface area contributed by atoms with Crippen molar-refractivity contribution in [2.24, 2.45) is 12.0 Å². The average Bonchev–Trinajstić information content (AvgIpc) is 3.07. The van der Waals surface area contributed by atoms with Crippen LogP contribution in [0.25, 0.3) is 0 Å². The molecule has 0 aliphatic carbocycles. The molecule has 28 heavy (non-hydrogen) atoms. The number of hydrogen-bond donors (Lipinski definition) is 3. The topological polar surface area (TPSA) is 83.7 Å². The number of aryl methyl sites for hydroxylation is 1. The number of para-hydroxylation sites is 1. The van der Waals surface area contributed by atoms with Gasteiger partial charge in [0.2, 0.25) is 0 Å². The molecule has 1 aromatic carbocycles. The van der Waals surface area contributed by atoms with Crippen molar-refractivity contribution in [1.29, 1.82) is 0 Å². The predicted octanol–water partition coefficient (Wildman–Crippen LogP) is 3.03. The number of aliphatic hydroxyl groups is 1. The maximum atomic E-state index is 10.7. The van der Waals surface area contributed by atoms with Crippen molar-refractivity contribution in [2.45, 2.75) is 32.5 Å². The Kier molecular flexibility index (Phi) is 10.3. The maximum absolute atomic E-state index is 10.7. The molecule has 156 valence electrons. The third kappa shape index (κ3) is 7.59. The van der Waals surface area contributed by atoms with Crippen LogP contribution in [-0.2, 0) is 12.6 Å². The lowest BCUT2D eigenvalue weighted by atomic mass is 10.0. The number of halogens is 2. The minimum Gasteiger partial charge on any atom is -0.488 e. The van der Waals surface area contributed by atoms with Crippen LogP contribution in [0.2, 0.25) is 0 Å². The third-order valence-corrected chi connectivity index (χ3v) is 4.59. The minimum absolute atomic E-state index is 0. The summed E-state index contributed by atoms with van der Waals surface area (Å²) < 4.78 is 8.52. The number of hydrogen-bond acceptors (Lipinski definition) is 4. The van der Waals surface area contributed by atoms with Gasteiger partial charge in [-0.1, -0.05) is 12.1 Å². The molecule has 0 saturated carbocycles. The highest BCUT2D eigenvalue weighted by Crippen LogP contribution is 2.24. The summed E-state index contributed by atoms with van der Waals surface area (Å²) in [5.41, 5.74) is -0.358. The van der Waals surface area contributed by atoms with Gasteiger partial charge in [0.1, 0.15) is 17.5 Å². The Morgan fingerprint density at radius 3 is 2.71 bits per heavy atom. The van der Waals surface area contributed by atoms with Gasteiger partial charge in [0.05, 0.1) is 23.8 Å². The van der Waals surface area contributed by atoms with E-state index in [4.69, 9.17) is 4.74 Å². The van der Waals surface area contributed by atoms with Crippen molar-refractivity contribution in [2.75, 3.05) is 19.6 Å². The molecular weight excluding hydrogens is 537 g/mol. The molecule has 0 aliphatic heterocycles. The lowest BCUT2D eigenvalue weighted by Gasteiger charge is -2.21. The average molecular weight is 566 g/mol. The zero-order chi connectivity index (χ0) is 19.9. The smallest absolute Gasteiger partial charge is 0.191 e. The quantitative estimate of drug-likeness (QED) is 0.260. The SMILES string of the molecule is CCNC(=NCC(C)(O)c1cnn(C)c1)NCC(C)Oc1ccccc1Br.I. The van der Waals surface area contributed by atoms with Gasteiger partial charge in [-0.3, -0.25) is 4.68 Å². The largest absolute Gasteiger partial charge is 0.488 e. The van der Waals surface area contributed by atoms with Crippen LogP contribution in [0.5, 0.6) is 5.75 Å². The maximum Gasteiger partial charge on any atom is 0.191 e. The van der Waals surface area contributed by atoms with Crippen molar-refractivity contribution in [3.05, 3.63) is 46.7 Å². The highest BCUT2D eigenvalue weighted by Gasteiger charge is 2.24. The van der Waals surface area contributed by atoms with Gasteiger partial charge in [-0.25, -0.2) is 4.99 Å². The van der Waals surface area contributed by atoms with Crippen LogP contribution in [0.1, 0.15) is 26.3 Å². The van der Waals surface area contributed by atoms with Gasteiger partial charge in [0.15, 0.2) is 5.96 Å². The Labute approximate surface area is 192 Å². The second kappa shape index (κ2) is 11.6. The van der Waals surface area contributed by atoms with Gasteiger partial charge in [0, 0.05) is 25.4 Å². The zero-order valence-corrected chi connectivity index (χ0v) is 20.6. The summed E-state index contributed by atoms with van der Waals surface area (Å²) in [4.78, 5) is 4.51. The molecule has 9 heteroatoms. The van der Waals surface area contributed by atoms with Crippen molar-refractivity contribution in [3.8, 4) is 5.75 Å². The first-order valence-corrected chi connectivity index (χ1v) is 9.76. The van der Waals surface area contributed by atoms with Crippen LogP contribution >= 0.6 is 39.9 Å². The number of rotatable bonds is 8. The molecule has 0 bridgehead atoms. The van der Waals surface area contributed by atoms with E-state index in [1.807, 2.05) is 45.2 Å². The van der Waals surface area contributed by atoms with E-state index < -0.39 is 5.60 Å². The molecule has 0 radical (unpaired) electrons. The van der Waals surface area contributed by atoms with E-state index in [1.165, 1.54) is 0 Å². The second-order valence-corrected chi connectivity index (χ2v) is 7.47. The normalized spacial score (nSPS) is 14.6. The Balaban J connectivity index is 0.00000392. The molecule has 1 aromatic heterocycles. The van der Waals surface area contributed by atoms with E-state index in [2.05, 4.69) is 36.7 Å². The molecule has 1 heterocycles. The number of nitrogens with zero attached hydrogens (tertiary/aromatic N) is 3. The molecule has 0 amide bonds. The number of nitrogens with one attached hydrogen (secondary N) is 2. The van der Waals surface area contributed by atoms with Crippen LogP contribution in [0, 0.1) is 0 Å². The Morgan fingerprint density at radius 1 is 1.39 bits per heavy atom. The highest BCUT2D eigenvalue weighted by molar-refractivity contribution is 14.0. The monoisotopic (exact) mass is 565 g/mol. The summed E-state index contributed by atoms with van der Waals surface area (Å²) in [6, 6.07) is 7.75. The molecule has 2 rings (SSSR count). The molecule has 2 atom stereocenters. The first-order valence-electron chi connectivity index (χ1n) is 8.96. The van der Waals surface area contributed by atoms with Crippen LogP contribution in [0.3, 0.4) is 0 Å². The van der Waals surface area contributed by atoms with E-state index >= 15 is 0 Å². The third-order valence-electron chi connectivity index (χ3n) is 3.94. The molecule has 7 nitrogen and oxygen atoms in total. The molecule has 2 aromatic rings. The van der Waals surface area contributed by atoms with E-state index in [0.29, 0.717) is 12.5 Å². The van der Waals surface area contributed by atoms with Crippen molar-refractivity contribution >= 4 is 45.9 Å². The summed E-state index contributed by atoms with van der Waals surface area (Å²) in [5, 5.41) is 21.2.